The fraction of sp³-hybridized carbons (Fsp3) is 0.619. The van der Waals surface area contributed by atoms with Crippen molar-refractivity contribution in [1.29, 1.82) is 0 Å². The second-order valence-electron chi connectivity index (χ2n) is 7.90. The van der Waals surface area contributed by atoms with Crippen LogP contribution in [0.15, 0.2) is 24.3 Å². The molecule has 0 saturated carbocycles. The largest absolute Gasteiger partial charge is 0.341 e. The van der Waals surface area contributed by atoms with E-state index in [1.807, 2.05) is 18.2 Å². The number of rotatable bonds is 5. The first-order chi connectivity index (χ1) is 13.2. The third-order valence-electron chi connectivity index (χ3n) is 6.05. The van der Waals surface area contributed by atoms with E-state index >= 15 is 0 Å². The van der Waals surface area contributed by atoms with Crippen molar-refractivity contribution in [3.8, 4) is 0 Å². The van der Waals surface area contributed by atoms with Gasteiger partial charge in [-0.05, 0) is 37.8 Å². The number of piperazine rings is 1. The highest BCUT2D eigenvalue weighted by molar-refractivity contribution is 5.78. The lowest BCUT2D eigenvalue weighted by Crippen LogP contribution is -2.52. The number of hydrogen-bond acceptors (Lipinski definition) is 4. The lowest BCUT2D eigenvalue weighted by molar-refractivity contribution is -0.136. The van der Waals surface area contributed by atoms with Crippen LogP contribution in [0.3, 0.4) is 0 Å². The molecule has 4 rings (SSSR count). The van der Waals surface area contributed by atoms with Gasteiger partial charge in [0, 0.05) is 38.8 Å². The van der Waals surface area contributed by atoms with Crippen LogP contribution in [-0.2, 0) is 11.3 Å². The lowest BCUT2D eigenvalue weighted by Gasteiger charge is -2.38. The van der Waals surface area contributed by atoms with E-state index in [4.69, 9.17) is 0 Å². The predicted octanol–water partition coefficient (Wildman–Crippen LogP) is 2.47. The highest BCUT2D eigenvalue weighted by Gasteiger charge is 2.27. The third kappa shape index (κ3) is 4.33. The Morgan fingerprint density at radius 2 is 1.89 bits per heavy atom. The van der Waals surface area contributed by atoms with Crippen LogP contribution in [0.25, 0.3) is 11.0 Å². The second kappa shape index (κ2) is 8.40. The molecule has 27 heavy (non-hydrogen) atoms. The van der Waals surface area contributed by atoms with Crippen LogP contribution in [0, 0.1) is 0 Å². The topological polar surface area (TPSA) is 55.5 Å². The Labute approximate surface area is 161 Å². The third-order valence-corrected chi connectivity index (χ3v) is 6.05. The van der Waals surface area contributed by atoms with Crippen molar-refractivity contribution in [3.05, 3.63) is 30.1 Å². The van der Waals surface area contributed by atoms with Crippen LogP contribution in [-0.4, -0.2) is 75.9 Å². The number of aromatic nitrogens is 2. The average molecular weight is 370 g/mol. The Bertz CT molecular complexity index is 732. The first kappa shape index (κ1) is 18.4. The van der Waals surface area contributed by atoms with E-state index in [-0.39, 0.29) is 0 Å². The van der Waals surface area contributed by atoms with Gasteiger partial charge in [0.15, 0.2) is 0 Å². The van der Waals surface area contributed by atoms with Crippen molar-refractivity contribution < 1.29 is 4.79 Å². The molecule has 0 bridgehead atoms. The van der Waals surface area contributed by atoms with E-state index in [0.717, 1.165) is 69.0 Å². The molecule has 0 aliphatic carbocycles. The summed E-state index contributed by atoms with van der Waals surface area (Å²) in [6.07, 6.45) is 4.68. The van der Waals surface area contributed by atoms with Crippen molar-refractivity contribution >= 4 is 16.9 Å². The van der Waals surface area contributed by atoms with Gasteiger partial charge in [0.2, 0.25) is 5.91 Å². The number of carbonyl (C=O) groups excluding carboxylic acids is 1. The lowest BCUT2D eigenvalue weighted by atomic mass is 10.00. The number of likely N-dealkylation sites (tertiary alicyclic amines) is 1. The molecule has 2 aromatic rings. The van der Waals surface area contributed by atoms with E-state index in [2.05, 4.69) is 37.7 Å². The molecule has 2 aliphatic heterocycles. The number of hydrogen-bond donors (Lipinski definition) is 1. The number of nitrogens with zero attached hydrogens (tertiary/aromatic N) is 4. The summed E-state index contributed by atoms with van der Waals surface area (Å²) in [5.41, 5.74) is 2.13. The Morgan fingerprint density at radius 1 is 1.11 bits per heavy atom. The maximum absolute atomic E-state index is 12.8. The van der Waals surface area contributed by atoms with Crippen LogP contribution in [0.1, 0.15) is 38.4 Å². The molecule has 2 saturated heterocycles. The quantitative estimate of drug-likeness (QED) is 0.880. The zero-order valence-electron chi connectivity index (χ0n) is 16.4. The molecule has 1 N–H and O–H groups in total. The molecule has 2 aliphatic rings. The summed E-state index contributed by atoms with van der Waals surface area (Å²) < 4.78 is 0. The van der Waals surface area contributed by atoms with E-state index in [9.17, 15) is 4.79 Å². The molecule has 0 spiro atoms. The normalized spacial score (nSPS) is 22.4. The molecule has 1 unspecified atom stereocenters. The molecule has 1 amide bonds. The SMILES string of the molecule is CCC1CCCCN1C(=O)CN1CCN(Cc2nc3ccccc3[nH]2)CC1. The highest BCUT2D eigenvalue weighted by Crippen LogP contribution is 2.20. The van der Waals surface area contributed by atoms with Crippen molar-refractivity contribution in [2.24, 2.45) is 0 Å². The highest BCUT2D eigenvalue weighted by atomic mass is 16.2. The molecule has 2 fully saturated rings. The Morgan fingerprint density at radius 3 is 2.67 bits per heavy atom. The summed E-state index contributed by atoms with van der Waals surface area (Å²) >= 11 is 0. The number of benzene rings is 1. The number of imidazole rings is 1. The minimum atomic E-state index is 0.326. The van der Waals surface area contributed by atoms with Crippen LogP contribution < -0.4 is 0 Å². The first-order valence-electron chi connectivity index (χ1n) is 10.4. The number of aromatic amines is 1. The second-order valence-corrected chi connectivity index (χ2v) is 7.90. The van der Waals surface area contributed by atoms with Gasteiger partial charge in [-0.1, -0.05) is 19.1 Å². The van der Waals surface area contributed by atoms with Crippen LogP contribution in [0.5, 0.6) is 0 Å². The van der Waals surface area contributed by atoms with Crippen LogP contribution >= 0.6 is 0 Å². The molecule has 6 heteroatoms. The number of nitrogens with one attached hydrogen (secondary N) is 1. The number of fused-ring (bicyclic) bond motifs is 1. The smallest absolute Gasteiger partial charge is 0.236 e. The van der Waals surface area contributed by atoms with Crippen molar-refractivity contribution in [2.75, 3.05) is 39.3 Å². The van der Waals surface area contributed by atoms with Crippen molar-refractivity contribution in [2.45, 2.75) is 45.2 Å². The van der Waals surface area contributed by atoms with Gasteiger partial charge in [-0.15, -0.1) is 0 Å². The van der Waals surface area contributed by atoms with Crippen molar-refractivity contribution in [1.82, 2.24) is 24.7 Å². The molecular formula is C21H31N5O. The van der Waals surface area contributed by atoms with Gasteiger partial charge in [-0.25, -0.2) is 4.98 Å². The zero-order valence-corrected chi connectivity index (χ0v) is 16.4. The van der Waals surface area contributed by atoms with Gasteiger partial charge in [-0.2, -0.15) is 0 Å². The monoisotopic (exact) mass is 369 g/mol. The van der Waals surface area contributed by atoms with Gasteiger partial charge >= 0.3 is 0 Å². The van der Waals surface area contributed by atoms with Gasteiger partial charge in [0.25, 0.3) is 0 Å². The predicted molar refractivity (Wildman–Crippen MR) is 107 cm³/mol. The molecule has 1 aromatic heterocycles. The molecular weight excluding hydrogens is 338 g/mol. The molecule has 1 atom stereocenters. The first-order valence-corrected chi connectivity index (χ1v) is 10.4. The standard InChI is InChI=1S/C21H31N5O/c1-2-17-7-5-6-10-26(17)21(27)16-25-13-11-24(12-14-25)15-20-22-18-8-3-4-9-19(18)23-20/h3-4,8-9,17H,2,5-7,10-16H2,1H3,(H,22,23). The molecule has 146 valence electrons. The average Bonchev–Trinajstić information content (AvgIpc) is 3.11. The Hall–Kier alpha value is -1.92. The number of piperidine rings is 1. The van der Waals surface area contributed by atoms with Gasteiger partial charge in [-0.3, -0.25) is 14.6 Å². The summed E-state index contributed by atoms with van der Waals surface area (Å²) in [6, 6.07) is 8.63. The Balaban J connectivity index is 1.26. The number of H-pyrrole nitrogens is 1. The summed E-state index contributed by atoms with van der Waals surface area (Å²) in [4.78, 5) is 27.7. The molecule has 3 heterocycles. The molecule has 0 radical (unpaired) electrons. The van der Waals surface area contributed by atoms with Crippen LogP contribution in [0.4, 0.5) is 0 Å². The Kier molecular flexibility index (Phi) is 5.74. The fourth-order valence-corrected chi connectivity index (χ4v) is 4.43. The van der Waals surface area contributed by atoms with Crippen molar-refractivity contribution in [3.63, 3.8) is 0 Å². The van der Waals surface area contributed by atoms with E-state index < -0.39 is 0 Å². The van der Waals surface area contributed by atoms with E-state index in [0.29, 0.717) is 18.5 Å². The van der Waals surface area contributed by atoms with E-state index in [1.165, 1.54) is 12.8 Å². The minimum Gasteiger partial charge on any atom is -0.341 e. The summed E-state index contributed by atoms with van der Waals surface area (Å²) in [7, 11) is 0. The number of para-hydroxylation sites is 2. The fourth-order valence-electron chi connectivity index (χ4n) is 4.43. The van der Waals surface area contributed by atoms with Gasteiger partial charge < -0.3 is 9.88 Å². The minimum absolute atomic E-state index is 0.326. The summed E-state index contributed by atoms with van der Waals surface area (Å²) in [5.74, 6) is 1.35. The van der Waals surface area contributed by atoms with Crippen LogP contribution in [0.2, 0.25) is 0 Å². The molecule has 6 nitrogen and oxygen atoms in total. The summed E-state index contributed by atoms with van der Waals surface area (Å²) in [5, 5.41) is 0. The van der Waals surface area contributed by atoms with Gasteiger partial charge in [0.1, 0.15) is 5.82 Å². The van der Waals surface area contributed by atoms with E-state index in [1.54, 1.807) is 0 Å². The molecule has 1 aromatic carbocycles. The number of carbonyl (C=O) groups is 1. The van der Waals surface area contributed by atoms with Gasteiger partial charge in [0.05, 0.1) is 24.1 Å². The number of amides is 1. The maximum atomic E-state index is 12.8. The maximum Gasteiger partial charge on any atom is 0.236 e. The zero-order chi connectivity index (χ0) is 18.6. The summed E-state index contributed by atoms with van der Waals surface area (Å²) in [6.45, 7) is 8.46.